The lowest BCUT2D eigenvalue weighted by Gasteiger charge is -2.30. The van der Waals surface area contributed by atoms with Gasteiger partial charge in [-0.05, 0) is 23.7 Å². The van der Waals surface area contributed by atoms with Crippen molar-refractivity contribution in [3.05, 3.63) is 0 Å². The van der Waals surface area contributed by atoms with Gasteiger partial charge in [-0.1, -0.05) is 27.7 Å². The second-order valence-electron chi connectivity index (χ2n) is 6.04. The number of nitrogens with zero attached hydrogens (tertiary/aromatic N) is 1. The second-order valence-corrected chi connectivity index (χ2v) is 6.04. The fourth-order valence-corrected chi connectivity index (χ4v) is 1.70. The van der Waals surface area contributed by atoms with Crippen molar-refractivity contribution in [1.29, 1.82) is 0 Å². The Morgan fingerprint density at radius 2 is 2.00 bits per heavy atom. The van der Waals surface area contributed by atoms with E-state index in [1.54, 1.807) is 4.90 Å². The van der Waals surface area contributed by atoms with Gasteiger partial charge in [0.1, 0.15) is 0 Å². The quantitative estimate of drug-likeness (QED) is 0.770. The van der Waals surface area contributed by atoms with Crippen molar-refractivity contribution in [3.8, 4) is 0 Å². The zero-order chi connectivity index (χ0) is 11.8. The average Bonchev–Trinajstić information content (AvgIpc) is 2.77. The molecule has 1 fully saturated rings. The summed E-state index contributed by atoms with van der Waals surface area (Å²) < 4.78 is 0. The van der Waals surface area contributed by atoms with E-state index < -0.39 is 6.04 Å². The Morgan fingerprint density at radius 1 is 1.53 bits per heavy atom. The normalized spacial score (nSPS) is 27.3. The van der Waals surface area contributed by atoms with Crippen LogP contribution in [0.2, 0.25) is 0 Å². The number of rotatable bonds is 3. The maximum absolute atomic E-state index is 12.0. The molecule has 3 atom stereocenters. The van der Waals surface area contributed by atoms with Crippen LogP contribution in [-0.2, 0) is 4.79 Å². The molecule has 0 bridgehead atoms. The van der Waals surface area contributed by atoms with Crippen molar-refractivity contribution in [1.82, 2.24) is 4.90 Å². The first kappa shape index (κ1) is 12.5. The molecule has 0 spiro atoms. The lowest BCUT2D eigenvalue weighted by molar-refractivity contribution is -0.133. The minimum atomic E-state index is -0.392. The van der Waals surface area contributed by atoms with E-state index in [4.69, 9.17) is 5.73 Å². The third-order valence-corrected chi connectivity index (χ3v) is 3.36. The van der Waals surface area contributed by atoms with Crippen molar-refractivity contribution in [2.24, 2.45) is 23.0 Å². The summed E-state index contributed by atoms with van der Waals surface area (Å²) >= 11 is 0. The Bertz CT molecular complexity index is 244. The van der Waals surface area contributed by atoms with Crippen LogP contribution >= 0.6 is 0 Å². The van der Waals surface area contributed by atoms with Crippen LogP contribution in [0.15, 0.2) is 0 Å². The van der Waals surface area contributed by atoms with Crippen LogP contribution in [0.1, 0.15) is 34.1 Å². The number of amides is 1. The largest absolute Gasteiger partial charge is 0.344 e. The van der Waals surface area contributed by atoms with Gasteiger partial charge in [0, 0.05) is 13.6 Å². The van der Waals surface area contributed by atoms with Gasteiger partial charge in [0.2, 0.25) is 5.91 Å². The molecule has 2 N–H and O–H groups in total. The molecule has 0 saturated heterocycles. The maximum atomic E-state index is 12.0. The molecule has 0 radical (unpaired) electrons. The van der Waals surface area contributed by atoms with Gasteiger partial charge in [-0.3, -0.25) is 4.79 Å². The van der Waals surface area contributed by atoms with Gasteiger partial charge in [0.25, 0.3) is 0 Å². The number of nitrogens with two attached hydrogens (primary N) is 1. The zero-order valence-electron chi connectivity index (χ0n) is 10.6. The second kappa shape index (κ2) is 4.12. The molecule has 3 heteroatoms. The molecule has 0 heterocycles. The molecule has 0 aliphatic heterocycles. The van der Waals surface area contributed by atoms with Gasteiger partial charge in [-0.15, -0.1) is 0 Å². The van der Waals surface area contributed by atoms with E-state index in [9.17, 15) is 4.79 Å². The predicted molar refractivity (Wildman–Crippen MR) is 62.3 cm³/mol. The Morgan fingerprint density at radius 3 is 2.33 bits per heavy atom. The van der Waals surface area contributed by atoms with E-state index in [1.165, 1.54) is 6.42 Å². The topological polar surface area (TPSA) is 46.3 Å². The van der Waals surface area contributed by atoms with Gasteiger partial charge >= 0.3 is 0 Å². The molecule has 1 aliphatic rings. The highest BCUT2D eigenvalue weighted by Gasteiger charge is 2.36. The minimum absolute atomic E-state index is 0.0709. The van der Waals surface area contributed by atoms with E-state index in [0.29, 0.717) is 5.92 Å². The molecule has 1 aliphatic carbocycles. The fraction of sp³-hybridized carbons (Fsp3) is 0.917. The van der Waals surface area contributed by atoms with Crippen LogP contribution in [0, 0.1) is 17.3 Å². The third-order valence-electron chi connectivity index (χ3n) is 3.36. The summed E-state index contributed by atoms with van der Waals surface area (Å²) in [5.41, 5.74) is 5.78. The summed E-state index contributed by atoms with van der Waals surface area (Å²) in [6, 6.07) is -0.392. The first-order valence-corrected chi connectivity index (χ1v) is 5.74. The fourth-order valence-electron chi connectivity index (χ4n) is 1.70. The molecular formula is C12H24N2O. The molecular weight excluding hydrogens is 188 g/mol. The lowest BCUT2D eigenvalue weighted by atomic mass is 9.86. The highest BCUT2D eigenvalue weighted by molar-refractivity contribution is 5.82. The molecule has 0 aromatic carbocycles. The maximum Gasteiger partial charge on any atom is 0.239 e. The van der Waals surface area contributed by atoms with Gasteiger partial charge in [-0.25, -0.2) is 0 Å². The molecule has 88 valence electrons. The van der Waals surface area contributed by atoms with Crippen molar-refractivity contribution in [2.75, 3.05) is 13.6 Å². The molecule has 3 nitrogen and oxygen atoms in total. The van der Waals surface area contributed by atoms with Crippen LogP contribution < -0.4 is 5.73 Å². The molecule has 1 saturated carbocycles. The molecule has 0 aromatic rings. The van der Waals surface area contributed by atoms with Gasteiger partial charge < -0.3 is 10.6 Å². The Labute approximate surface area is 93.0 Å². The Balaban J connectivity index is 2.45. The van der Waals surface area contributed by atoms with Crippen LogP contribution in [-0.4, -0.2) is 30.4 Å². The van der Waals surface area contributed by atoms with E-state index in [0.717, 1.165) is 12.5 Å². The average molecular weight is 212 g/mol. The summed E-state index contributed by atoms with van der Waals surface area (Å²) in [5, 5.41) is 0. The molecule has 3 unspecified atom stereocenters. The third kappa shape index (κ3) is 3.20. The van der Waals surface area contributed by atoms with Gasteiger partial charge in [0.15, 0.2) is 0 Å². The van der Waals surface area contributed by atoms with E-state index in [-0.39, 0.29) is 11.3 Å². The van der Waals surface area contributed by atoms with Crippen LogP contribution in [0.5, 0.6) is 0 Å². The van der Waals surface area contributed by atoms with Crippen molar-refractivity contribution >= 4 is 5.91 Å². The molecule has 0 aromatic heterocycles. The van der Waals surface area contributed by atoms with E-state index >= 15 is 0 Å². The number of likely N-dealkylation sites (N-methyl/N-ethyl adjacent to an activating group) is 1. The van der Waals surface area contributed by atoms with Crippen molar-refractivity contribution in [3.63, 3.8) is 0 Å². The lowest BCUT2D eigenvalue weighted by Crippen LogP contribution is -2.49. The highest BCUT2D eigenvalue weighted by atomic mass is 16.2. The van der Waals surface area contributed by atoms with Crippen LogP contribution in [0.4, 0.5) is 0 Å². The first-order valence-electron chi connectivity index (χ1n) is 5.74. The number of carbonyl (C=O) groups excluding carboxylic acids is 1. The van der Waals surface area contributed by atoms with Crippen molar-refractivity contribution in [2.45, 2.75) is 40.2 Å². The molecule has 15 heavy (non-hydrogen) atoms. The summed E-state index contributed by atoms with van der Waals surface area (Å²) in [6.07, 6.45) is 1.25. The Hall–Kier alpha value is -0.570. The summed E-state index contributed by atoms with van der Waals surface area (Å²) in [5.74, 6) is 1.55. The Kier molecular flexibility index (Phi) is 3.44. The zero-order valence-corrected chi connectivity index (χ0v) is 10.6. The number of hydrogen-bond acceptors (Lipinski definition) is 2. The van der Waals surface area contributed by atoms with Crippen molar-refractivity contribution < 1.29 is 4.79 Å². The summed E-state index contributed by atoms with van der Waals surface area (Å²) in [4.78, 5) is 13.8. The standard InChI is InChI=1S/C12H24N2O/c1-8-6-9(8)7-14(5)11(15)10(13)12(2,3)4/h8-10H,6-7,13H2,1-5H3. The van der Waals surface area contributed by atoms with Crippen LogP contribution in [0.25, 0.3) is 0 Å². The van der Waals surface area contributed by atoms with E-state index in [2.05, 4.69) is 6.92 Å². The number of hydrogen-bond donors (Lipinski definition) is 1. The van der Waals surface area contributed by atoms with E-state index in [1.807, 2.05) is 27.8 Å². The monoisotopic (exact) mass is 212 g/mol. The summed E-state index contributed by atoms with van der Waals surface area (Å²) in [6.45, 7) is 9.10. The predicted octanol–water partition coefficient (Wildman–Crippen LogP) is 1.47. The SMILES string of the molecule is CC1CC1CN(C)C(=O)C(N)C(C)(C)C. The first-order chi connectivity index (χ1) is 6.73. The summed E-state index contributed by atoms with van der Waals surface area (Å²) in [7, 11) is 1.86. The highest BCUT2D eigenvalue weighted by Crippen LogP contribution is 2.38. The van der Waals surface area contributed by atoms with Gasteiger partial charge in [-0.2, -0.15) is 0 Å². The van der Waals surface area contributed by atoms with Crippen LogP contribution in [0.3, 0.4) is 0 Å². The molecule has 1 amide bonds. The smallest absolute Gasteiger partial charge is 0.239 e. The minimum Gasteiger partial charge on any atom is -0.344 e. The molecule has 1 rings (SSSR count). The van der Waals surface area contributed by atoms with Gasteiger partial charge in [0.05, 0.1) is 6.04 Å². The number of carbonyl (C=O) groups is 1.